The summed E-state index contributed by atoms with van der Waals surface area (Å²) in [5.74, 6) is -0.443. The number of nitrogens with two attached hydrogens (primary N) is 1. The van der Waals surface area contributed by atoms with Crippen LogP contribution in [0.5, 0.6) is 0 Å². The normalized spacial score (nSPS) is 24.2. The number of ether oxygens (including phenoxy) is 1. The van der Waals surface area contributed by atoms with Gasteiger partial charge in [-0.3, -0.25) is 9.59 Å². The molecule has 1 saturated heterocycles. The Hall–Kier alpha value is -1.14. The number of hydrogen-bond acceptors (Lipinski definition) is 4. The fraction of sp³-hybridized carbons (Fsp3) is 0.800. The molecule has 0 saturated carbocycles. The van der Waals surface area contributed by atoms with Gasteiger partial charge in [0.25, 0.3) is 0 Å². The summed E-state index contributed by atoms with van der Waals surface area (Å²) >= 11 is 0. The highest BCUT2D eigenvalue weighted by atomic mass is 16.5. The van der Waals surface area contributed by atoms with Crippen molar-refractivity contribution in [3.8, 4) is 0 Å². The highest BCUT2D eigenvalue weighted by molar-refractivity contribution is 5.85. The molecule has 0 radical (unpaired) electrons. The van der Waals surface area contributed by atoms with E-state index in [1.165, 1.54) is 0 Å². The van der Waals surface area contributed by atoms with Gasteiger partial charge in [-0.05, 0) is 13.3 Å². The number of likely N-dealkylation sites (N-methyl/N-ethyl adjacent to an activating group) is 1. The van der Waals surface area contributed by atoms with Gasteiger partial charge in [0.1, 0.15) is 0 Å². The summed E-state index contributed by atoms with van der Waals surface area (Å²) in [5.41, 5.74) is 5.12. The van der Waals surface area contributed by atoms with E-state index in [0.717, 1.165) is 6.42 Å². The number of hydrogen-bond donors (Lipinski definition) is 2. The van der Waals surface area contributed by atoms with Gasteiger partial charge in [-0.15, -0.1) is 0 Å². The molecular weight excluding hydrogens is 210 g/mol. The summed E-state index contributed by atoms with van der Waals surface area (Å²) in [4.78, 5) is 24.2. The second-order valence-corrected chi connectivity index (χ2v) is 3.92. The summed E-state index contributed by atoms with van der Waals surface area (Å²) in [6, 6.07) is 0.0993. The third-order valence-electron chi connectivity index (χ3n) is 2.85. The Balaban J connectivity index is 2.38. The molecule has 16 heavy (non-hydrogen) atoms. The number of rotatable bonds is 4. The molecule has 0 spiro atoms. The molecule has 3 N–H and O–H groups in total. The van der Waals surface area contributed by atoms with Crippen molar-refractivity contribution in [2.75, 3.05) is 26.7 Å². The van der Waals surface area contributed by atoms with E-state index >= 15 is 0 Å². The van der Waals surface area contributed by atoms with Crippen molar-refractivity contribution < 1.29 is 14.3 Å². The summed E-state index contributed by atoms with van der Waals surface area (Å²) in [5, 5.41) is 2.46. The monoisotopic (exact) mass is 229 g/mol. The quantitative estimate of drug-likeness (QED) is 0.627. The zero-order valence-electron chi connectivity index (χ0n) is 9.73. The predicted molar refractivity (Wildman–Crippen MR) is 58.7 cm³/mol. The first-order valence-corrected chi connectivity index (χ1v) is 5.40. The topological polar surface area (TPSA) is 84.7 Å². The standard InChI is InChI=1S/C10H19N3O3/c1-7-8(3-4-16-7)13(2)10(15)6-12-9(14)5-11/h7-8H,3-6,11H2,1-2H3,(H,12,14). The molecule has 1 aliphatic rings. The first kappa shape index (κ1) is 12.9. The third kappa shape index (κ3) is 3.18. The Morgan fingerprint density at radius 2 is 2.25 bits per heavy atom. The average molecular weight is 229 g/mol. The minimum atomic E-state index is -0.322. The number of nitrogens with one attached hydrogen (secondary N) is 1. The third-order valence-corrected chi connectivity index (χ3v) is 2.85. The SMILES string of the molecule is CC1OCCC1N(C)C(=O)CNC(=O)CN. The van der Waals surface area contributed by atoms with E-state index in [1.54, 1.807) is 11.9 Å². The average Bonchev–Trinajstić information content (AvgIpc) is 2.70. The van der Waals surface area contributed by atoms with E-state index in [9.17, 15) is 9.59 Å². The second-order valence-electron chi connectivity index (χ2n) is 3.92. The van der Waals surface area contributed by atoms with Gasteiger partial charge >= 0.3 is 0 Å². The Morgan fingerprint density at radius 1 is 1.56 bits per heavy atom. The lowest BCUT2D eigenvalue weighted by Gasteiger charge is -2.26. The lowest BCUT2D eigenvalue weighted by Crippen LogP contribution is -2.46. The molecule has 0 aromatic heterocycles. The molecule has 0 aromatic carbocycles. The van der Waals surface area contributed by atoms with Gasteiger partial charge < -0.3 is 20.7 Å². The molecule has 2 atom stereocenters. The molecule has 0 aromatic rings. The molecule has 2 amide bonds. The summed E-state index contributed by atoms with van der Waals surface area (Å²) in [7, 11) is 1.73. The first-order chi connectivity index (χ1) is 7.56. The number of carbonyl (C=O) groups is 2. The molecule has 6 heteroatoms. The Bertz CT molecular complexity index is 270. The summed E-state index contributed by atoms with van der Waals surface area (Å²) in [6.07, 6.45) is 0.896. The van der Waals surface area contributed by atoms with Crippen LogP contribution in [0, 0.1) is 0 Å². The van der Waals surface area contributed by atoms with Crippen LogP contribution in [0.2, 0.25) is 0 Å². The van der Waals surface area contributed by atoms with Crippen LogP contribution in [0.4, 0.5) is 0 Å². The van der Waals surface area contributed by atoms with Crippen LogP contribution in [-0.2, 0) is 14.3 Å². The molecule has 1 rings (SSSR count). The maximum Gasteiger partial charge on any atom is 0.242 e. The van der Waals surface area contributed by atoms with Crippen LogP contribution in [0.1, 0.15) is 13.3 Å². The van der Waals surface area contributed by atoms with Crippen molar-refractivity contribution in [3.63, 3.8) is 0 Å². The molecule has 1 aliphatic heterocycles. The van der Waals surface area contributed by atoms with Crippen LogP contribution >= 0.6 is 0 Å². The van der Waals surface area contributed by atoms with Gasteiger partial charge in [-0.25, -0.2) is 0 Å². The molecule has 6 nitrogen and oxygen atoms in total. The maximum atomic E-state index is 11.7. The number of carbonyl (C=O) groups excluding carboxylic acids is 2. The van der Waals surface area contributed by atoms with Crippen molar-refractivity contribution in [2.45, 2.75) is 25.5 Å². The molecule has 1 heterocycles. The summed E-state index contributed by atoms with van der Waals surface area (Å²) < 4.78 is 5.38. The number of amides is 2. The molecular formula is C10H19N3O3. The minimum absolute atomic E-state index is 0.00421. The Morgan fingerprint density at radius 3 is 2.75 bits per heavy atom. The van der Waals surface area contributed by atoms with E-state index in [4.69, 9.17) is 10.5 Å². The zero-order chi connectivity index (χ0) is 12.1. The molecule has 92 valence electrons. The van der Waals surface area contributed by atoms with E-state index in [0.29, 0.717) is 6.61 Å². The van der Waals surface area contributed by atoms with Gasteiger partial charge in [-0.1, -0.05) is 0 Å². The maximum absolute atomic E-state index is 11.7. The fourth-order valence-electron chi connectivity index (χ4n) is 1.79. The molecule has 1 fully saturated rings. The van der Waals surface area contributed by atoms with Crippen LogP contribution in [0.25, 0.3) is 0 Å². The van der Waals surface area contributed by atoms with E-state index in [1.807, 2.05) is 6.92 Å². The van der Waals surface area contributed by atoms with Crippen molar-refractivity contribution in [1.29, 1.82) is 0 Å². The molecule has 0 bridgehead atoms. The van der Waals surface area contributed by atoms with Crippen LogP contribution in [0.15, 0.2) is 0 Å². The smallest absolute Gasteiger partial charge is 0.242 e. The number of nitrogens with zero attached hydrogens (tertiary/aromatic N) is 1. The highest BCUT2D eigenvalue weighted by Gasteiger charge is 2.30. The van der Waals surface area contributed by atoms with Gasteiger partial charge in [0.2, 0.25) is 11.8 Å². The molecule has 0 aliphatic carbocycles. The zero-order valence-corrected chi connectivity index (χ0v) is 9.73. The van der Waals surface area contributed by atoms with Gasteiger partial charge in [0.15, 0.2) is 0 Å². The second kappa shape index (κ2) is 5.81. The van der Waals surface area contributed by atoms with Crippen LogP contribution in [-0.4, -0.2) is 55.6 Å². The van der Waals surface area contributed by atoms with E-state index < -0.39 is 0 Å². The summed E-state index contributed by atoms with van der Waals surface area (Å²) in [6.45, 7) is 2.52. The van der Waals surface area contributed by atoms with Crippen LogP contribution in [0.3, 0.4) is 0 Å². The Labute approximate surface area is 95.1 Å². The largest absolute Gasteiger partial charge is 0.376 e. The minimum Gasteiger partial charge on any atom is -0.376 e. The van der Waals surface area contributed by atoms with Gasteiger partial charge in [0.05, 0.1) is 25.2 Å². The van der Waals surface area contributed by atoms with Crippen molar-refractivity contribution in [3.05, 3.63) is 0 Å². The van der Waals surface area contributed by atoms with E-state index in [-0.39, 0.29) is 37.0 Å². The Kier molecular flexibility index (Phi) is 4.70. The first-order valence-electron chi connectivity index (χ1n) is 5.40. The van der Waals surface area contributed by atoms with E-state index in [2.05, 4.69) is 5.32 Å². The van der Waals surface area contributed by atoms with Crippen LogP contribution < -0.4 is 11.1 Å². The lowest BCUT2D eigenvalue weighted by molar-refractivity contribution is -0.134. The van der Waals surface area contributed by atoms with Crippen molar-refractivity contribution >= 4 is 11.8 Å². The fourth-order valence-corrected chi connectivity index (χ4v) is 1.79. The predicted octanol–water partition coefficient (Wildman–Crippen LogP) is -1.30. The lowest BCUT2D eigenvalue weighted by atomic mass is 10.1. The van der Waals surface area contributed by atoms with Gasteiger partial charge in [-0.2, -0.15) is 0 Å². The highest BCUT2D eigenvalue weighted by Crippen LogP contribution is 2.17. The van der Waals surface area contributed by atoms with Crippen molar-refractivity contribution in [2.24, 2.45) is 5.73 Å². The van der Waals surface area contributed by atoms with Gasteiger partial charge in [0, 0.05) is 13.7 Å². The molecule has 2 unspecified atom stereocenters. The van der Waals surface area contributed by atoms with Crippen molar-refractivity contribution in [1.82, 2.24) is 10.2 Å².